The third kappa shape index (κ3) is 5.48. The van der Waals surface area contributed by atoms with Crippen LogP contribution in [-0.2, 0) is 21.3 Å². The molecule has 0 heterocycles. The molecule has 0 aliphatic carbocycles. The Morgan fingerprint density at radius 3 is 2.78 bits per heavy atom. The van der Waals surface area contributed by atoms with Gasteiger partial charge >= 0.3 is 0 Å². The van der Waals surface area contributed by atoms with E-state index in [9.17, 15) is 8.42 Å². The number of hydrogen-bond acceptors (Lipinski definition) is 4. The molecule has 0 saturated heterocycles. The first-order valence-electron chi connectivity index (χ1n) is 5.89. The van der Waals surface area contributed by atoms with Crippen molar-refractivity contribution in [2.24, 2.45) is 0 Å². The summed E-state index contributed by atoms with van der Waals surface area (Å²) in [5.41, 5.74) is 1.61. The van der Waals surface area contributed by atoms with Crippen LogP contribution in [0.1, 0.15) is 12.5 Å². The molecule has 1 aromatic rings. The zero-order valence-electron chi connectivity index (χ0n) is 10.8. The molecule has 1 rings (SSSR count). The van der Waals surface area contributed by atoms with Gasteiger partial charge in [-0.05, 0) is 31.7 Å². The Morgan fingerprint density at radius 2 is 2.11 bits per heavy atom. The van der Waals surface area contributed by atoms with Crippen LogP contribution in [0.4, 0.5) is 5.69 Å². The second-order valence-electron chi connectivity index (χ2n) is 3.85. The van der Waals surface area contributed by atoms with E-state index in [1.54, 1.807) is 6.07 Å². The molecule has 0 bridgehead atoms. The lowest BCUT2D eigenvalue weighted by Gasteiger charge is -2.09. The van der Waals surface area contributed by atoms with Crippen molar-refractivity contribution in [1.29, 1.82) is 0 Å². The maximum absolute atomic E-state index is 11.7. The number of anilines is 1. The SMILES string of the molecule is CCOCCS(=O)(=O)Nc1cccc(CNC)c1. The van der Waals surface area contributed by atoms with Crippen molar-refractivity contribution in [2.45, 2.75) is 13.5 Å². The van der Waals surface area contributed by atoms with Crippen molar-refractivity contribution in [1.82, 2.24) is 5.32 Å². The summed E-state index contributed by atoms with van der Waals surface area (Å²) in [6, 6.07) is 7.31. The molecule has 0 radical (unpaired) electrons. The average molecular weight is 272 g/mol. The molecular weight excluding hydrogens is 252 g/mol. The number of nitrogens with one attached hydrogen (secondary N) is 2. The summed E-state index contributed by atoms with van der Waals surface area (Å²) in [5, 5.41) is 3.02. The number of rotatable bonds is 8. The van der Waals surface area contributed by atoms with Gasteiger partial charge in [0.2, 0.25) is 10.0 Å². The molecule has 102 valence electrons. The van der Waals surface area contributed by atoms with Crippen molar-refractivity contribution in [3.05, 3.63) is 29.8 Å². The fraction of sp³-hybridized carbons (Fsp3) is 0.500. The molecule has 0 spiro atoms. The minimum atomic E-state index is -3.33. The lowest BCUT2D eigenvalue weighted by atomic mass is 10.2. The highest BCUT2D eigenvalue weighted by atomic mass is 32.2. The summed E-state index contributed by atoms with van der Waals surface area (Å²) >= 11 is 0. The predicted octanol–water partition coefficient (Wildman–Crippen LogP) is 1.18. The number of hydrogen-bond donors (Lipinski definition) is 2. The van der Waals surface area contributed by atoms with Gasteiger partial charge in [0.05, 0.1) is 12.4 Å². The Bertz CT molecular complexity index is 460. The maximum atomic E-state index is 11.7. The lowest BCUT2D eigenvalue weighted by molar-refractivity contribution is 0.163. The molecule has 0 amide bonds. The molecule has 0 aliphatic rings. The molecule has 18 heavy (non-hydrogen) atoms. The smallest absolute Gasteiger partial charge is 0.234 e. The van der Waals surface area contributed by atoms with Crippen molar-refractivity contribution in [3.63, 3.8) is 0 Å². The molecule has 0 saturated carbocycles. The summed E-state index contributed by atoms with van der Waals surface area (Å²) in [7, 11) is -1.49. The van der Waals surface area contributed by atoms with Gasteiger partial charge in [0.15, 0.2) is 0 Å². The summed E-state index contributed by atoms with van der Waals surface area (Å²) in [4.78, 5) is 0. The normalized spacial score (nSPS) is 11.4. The number of ether oxygens (including phenoxy) is 1. The average Bonchev–Trinajstić information content (AvgIpc) is 2.29. The fourth-order valence-corrected chi connectivity index (χ4v) is 2.42. The topological polar surface area (TPSA) is 67.4 Å². The lowest BCUT2D eigenvalue weighted by Crippen LogP contribution is -2.20. The first kappa shape index (κ1) is 14.9. The fourth-order valence-electron chi connectivity index (χ4n) is 1.49. The quantitative estimate of drug-likeness (QED) is 0.697. The molecular formula is C12H20N2O3S. The van der Waals surface area contributed by atoms with Crippen LogP contribution in [0.25, 0.3) is 0 Å². The first-order chi connectivity index (χ1) is 8.57. The van der Waals surface area contributed by atoms with Crippen molar-refractivity contribution >= 4 is 15.7 Å². The van der Waals surface area contributed by atoms with Gasteiger partial charge in [-0.1, -0.05) is 12.1 Å². The molecule has 6 heteroatoms. The van der Waals surface area contributed by atoms with Crippen LogP contribution < -0.4 is 10.0 Å². The third-order valence-electron chi connectivity index (χ3n) is 2.28. The first-order valence-corrected chi connectivity index (χ1v) is 7.54. The van der Waals surface area contributed by atoms with E-state index in [1.807, 2.05) is 32.2 Å². The van der Waals surface area contributed by atoms with Crippen LogP contribution in [0.5, 0.6) is 0 Å². The predicted molar refractivity (Wildman–Crippen MR) is 73.1 cm³/mol. The number of benzene rings is 1. The third-order valence-corrected chi connectivity index (χ3v) is 3.53. The molecule has 0 atom stereocenters. The van der Waals surface area contributed by atoms with Crippen molar-refractivity contribution < 1.29 is 13.2 Å². The summed E-state index contributed by atoms with van der Waals surface area (Å²) < 4.78 is 31.1. The van der Waals surface area contributed by atoms with Crippen molar-refractivity contribution in [3.8, 4) is 0 Å². The number of sulfonamides is 1. The van der Waals surface area contributed by atoms with Gasteiger partial charge in [0, 0.05) is 18.8 Å². The molecule has 1 aromatic carbocycles. The van der Waals surface area contributed by atoms with Gasteiger partial charge in [-0.25, -0.2) is 8.42 Å². The van der Waals surface area contributed by atoms with Gasteiger partial charge in [-0.3, -0.25) is 4.72 Å². The Balaban J connectivity index is 2.62. The van der Waals surface area contributed by atoms with Crippen LogP contribution in [0.15, 0.2) is 24.3 Å². The largest absolute Gasteiger partial charge is 0.381 e. The van der Waals surface area contributed by atoms with Crippen LogP contribution in [0.3, 0.4) is 0 Å². The highest BCUT2D eigenvalue weighted by molar-refractivity contribution is 7.92. The maximum Gasteiger partial charge on any atom is 0.234 e. The van der Waals surface area contributed by atoms with Gasteiger partial charge in [-0.2, -0.15) is 0 Å². The van der Waals surface area contributed by atoms with E-state index in [2.05, 4.69) is 10.0 Å². The van der Waals surface area contributed by atoms with E-state index >= 15 is 0 Å². The van der Waals surface area contributed by atoms with Gasteiger partial charge in [0.25, 0.3) is 0 Å². The summed E-state index contributed by atoms with van der Waals surface area (Å²) in [6.45, 7) is 3.27. The van der Waals surface area contributed by atoms with E-state index in [1.165, 1.54) is 0 Å². The summed E-state index contributed by atoms with van der Waals surface area (Å²) in [5.74, 6) is -0.0307. The Hall–Kier alpha value is -1.11. The van der Waals surface area contributed by atoms with E-state index in [4.69, 9.17) is 4.74 Å². The van der Waals surface area contributed by atoms with Gasteiger partial charge in [0.1, 0.15) is 0 Å². The van der Waals surface area contributed by atoms with Crippen LogP contribution in [-0.4, -0.2) is 34.4 Å². The van der Waals surface area contributed by atoms with Gasteiger partial charge < -0.3 is 10.1 Å². The second kappa shape index (κ2) is 7.35. The molecule has 5 nitrogen and oxygen atoms in total. The highest BCUT2D eigenvalue weighted by Crippen LogP contribution is 2.12. The van der Waals surface area contributed by atoms with E-state index in [0.29, 0.717) is 18.8 Å². The van der Waals surface area contributed by atoms with Crippen LogP contribution in [0.2, 0.25) is 0 Å². The van der Waals surface area contributed by atoms with Crippen LogP contribution in [0, 0.1) is 0 Å². The second-order valence-corrected chi connectivity index (χ2v) is 5.69. The van der Waals surface area contributed by atoms with Crippen LogP contribution >= 0.6 is 0 Å². The highest BCUT2D eigenvalue weighted by Gasteiger charge is 2.10. The van der Waals surface area contributed by atoms with Crippen molar-refractivity contribution in [2.75, 3.05) is 30.7 Å². The summed E-state index contributed by atoms with van der Waals surface area (Å²) in [6.07, 6.45) is 0. The Kier molecular flexibility index (Phi) is 6.11. The standard InChI is InChI=1S/C12H20N2O3S/c1-3-17-7-8-18(15,16)14-12-6-4-5-11(9-12)10-13-2/h4-6,9,13-14H,3,7-8,10H2,1-2H3. The zero-order chi connectivity index (χ0) is 13.4. The zero-order valence-corrected chi connectivity index (χ0v) is 11.6. The molecule has 0 fully saturated rings. The van der Waals surface area contributed by atoms with E-state index in [-0.39, 0.29) is 12.4 Å². The minimum absolute atomic E-state index is 0.0307. The molecule has 2 N–H and O–H groups in total. The Morgan fingerprint density at radius 1 is 1.33 bits per heavy atom. The van der Waals surface area contributed by atoms with E-state index < -0.39 is 10.0 Å². The molecule has 0 unspecified atom stereocenters. The minimum Gasteiger partial charge on any atom is -0.381 e. The Labute approximate surface area is 109 Å². The van der Waals surface area contributed by atoms with E-state index in [0.717, 1.165) is 5.56 Å². The molecule has 0 aromatic heterocycles. The molecule has 0 aliphatic heterocycles. The monoisotopic (exact) mass is 272 g/mol. The van der Waals surface area contributed by atoms with Gasteiger partial charge in [-0.15, -0.1) is 0 Å².